The van der Waals surface area contributed by atoms with E-state index in [-0.39, 0.29) is 5.69 Å². The number of benzene rings is 2. The Kier molecular flexibility index (Phi) is 5.03. The predicted octanol–water partition coefficient (Wildman–Crippen LogP) is 3.31. The summed E-state index contributed by atoms with van der Waals surface area (Å²) in [5.74, 6) is -3.31. The van der Waals surface area contributed by atoms with E-state index in [0.29, 0.717) is 11.3 Å². The first-order valence-corrected chi connectivity index (χ1v) is 10.4. The van der Waals surface area contributed by atoms with Gasteiger partial charge < -0.3 is 4.74 Å². The number of amides is 2. The molecular formula is C24H18F3N3O4. The van der Waals surface area contributed by atoms with Crippen molar-refractivity contribution in [3.05, 3.63) is 71.8 Å². The number of methoxy groups -OCH3 is 1. The first-order chi connectivity index (χ1) is 16.2. The van der Waals surface area contributed by atoms with Gasteiger partial charge in [-0.15, -0.1) is 0 Å². The summed E-state index contributed by atoms with van der Waals surface area (Å²) < 4.78 is 44.8. The van der Waals surface area contributed by atoms with E-state index in [9.17, 15) is 27.6 Å². The number of anilines is 1. The molecule has 0 aliphatic carbocycles. The summed E-state index contributed by atoms with van der Waals surface area (Å²) in [5.41, 5.74) is -0.852. The predicted molar refractivity (Wildman–Crippen MR) is 115 cm³/mol. The van der Waals surface area contributed by atoms with Gasteiger partial charge in [0.25, 0.3) is 0 Å². The third kappa shape index (κ3) is 3.28. The number of imide groups is 1. The van der Waals surface area contributed by atoms with Crippen LogP contribution in [0.3, 0.4) is 0 Å². The molecule has 0 spiro atoms. The van der Waals surface area contributed by atoms with Gasteiger partial charge in [0.15, 0.2) is 5.78 Å². The lowest BCUT2D eigenvalue weighted by atomic mass is 9.86. The van der Waals surface area contributed by atoms with E-state index < -0.39 is 53.3 Å². The van der Waals surface area contributed by atoms with Crippen molar-refractivity contribution >= 4 is 29.5 Å². The normalized spacial score (nSPS) is 25.5. The molecule has 174 valence electrons. The molecule has 3 aliphatic rings. The summed E-state index contributed by atoms with van der Waals surface area (Å²) in [6.45, 7) is 0. The van der Waals surface area contributed by atoms with Gasteiger partial charge in [-0.25, -0.2) is 4.90 Å². The molecule has 0 aromatic heterocycles. The highest BCUT2D eigenvalue weighted by Crippen LogP contribution is 2.46. The van der Waals surface area contributed by atoms with Crippen molar-refractivity contribution in [2.45, 2.75) is 18.3 Å². The van der Waals surface area contributed by atoms with Gasteiger partial charge in [0, 0.05) is 11.8 Å². The first kappa shape index (κ1) is 21.9. The van der Waals surface area contributed by atoms with Crippen LogP contribution in [0, 0.1) is 11.8 Å². The van der Waals surface area contributed by atoms with Gasteiger partial charge >= 0.3 is 6.18 Å². The second-order valence-corrected chi connectivity index (χ2v) is 8.17. The number of allylic oxidation sites excluding steroid dienone is 1. The number of halogens is 3. The fraction of sp³-hybridized carbons (Fsp3) is 0.250. The number of hydrogen-bond donors (Lipinski definition) is 0. The fourth-order valence-electron chi connectivity index (χ4n) is 4.84. The molecule has 0 radical (unpaired) electrons. The van der Waals surface area contributed by atoms with Gasteiger partial charge in [-0.3, -0.25) is 19.4 Å². The van der Waals surface area contributed by atoms with E-state index in [0.717, 1.165) is 23.1 Å². The first-order valence-electron chi connectivity index (χ1n) is 10.4. The average molecular weight is 469 g/mol. The highest BCUT2D eigenvalue weighted by Gasteiger charge is 2.64. The van der Waals surface area contributed by atoms with E-state index in [1.165, 1.54) is 24.4 Å². The monoisotopic (exact) mass is 469 g/mol. The van der Waals surface area contributed by atoms with Gasteiger partial charge in [-0.1, -0.05) is 12.1 Å². The van der Waals surface area contributed by atoms with Crippen LogP contribution in [-0.2, 0) is 15.8 Å². The summed E-state index contributed by atoms with van der Waals surface area (Å²) >= 11 is 0. The van der Waals surface area contributed by atoms with Crippen molar-refractivity contribution in [1.29, 1.82) is 0 Å². The number of hydrazone groups is 1. The summed E-state index contributed by atoms with van der Waals surface area (Å²) in [4.78, 5) is 41.2. The summed E-state index contributed by atoms with van der Waals surface area (Å²) in [7, 11) is 1.49. The second kappa shape index (κ2) is 7.82. The Morgan fingerprint density at radius 2 is 1.74 bits per heavy atom. The van der Waals surface area contributed by atoms with Crippen LogP contribution in [0.15, 0.2) is 65.8 Å². The molecule has 34 heavy (non-hydrogen) atoms. The van der Waals surface area contributed by atoms with Gasteiger partial charge in [-0.05, 0) is 48.5 Å². The van der Waals surface area contributed by atoms with Gasteiger partial charge in [0.05, 0.1) is 36.2 Å². The van der Waals surface area contributed by atoms with Crippen LogP contribution in [0.4, 0.5) is 18.9 Å². The molecule has 10 heteroatoms. The van der Waals surface area contributed by atoms with Crippen LogP contribution in [0.25, 0.3) is 0 Å². The molecule has 0 bridgehead atoms. The van der Waals surface area contributed by atoms with E-state index in [4.69, 9.17) is 4.74 Å². The Labute approximate surface area is 192 Å². The number of fused-ring (bicyclic) bond motifs is 3. The van der Waals surface area contributed by atoms with Crippen LogP contribution in [0.1, 0.15) is 15.9 Å². The van der Waals surface area contributed by atoms with Crippen molar-refractivity contribution in [3.63, 3.8) is 0 Å². The standard InChI is InChI=1S/C24H18F3N3O4/c1-34-16-9-7-13(8-10-16)21(31)20-19-18(17-6-3-11-28-30(17)20)22(32)29(23(19)33)15-5-2-4-14(12-15)24(25,26)27/h2-12,17-20H,1H3/t17-,18-,19-,20-/m1/s1. The number of carbonyl (C=O) groups excluding carboxylic acids is 3. The zero-order valence-electron chi connectivity index (χ0n) is 17.8. The summed E-state index contributed by atoms with van der Waals surface area (Å²) in [6, 6.07) is 8.61. The van der Waals surface area contributed by atoms with E-state index in [2.05, 4.69) is 5.10 Å². The fourth-order valence-corrected chi connectivity index (χ4v) is 4.84. The highest BCUT2D eigenvalue weighted by atomic mass is 19.4. The topological polar surface area (TPSA) is 79.3 Å². The minimum atomic E-state index is -4.64. The summed E-state index contributed by atoms with van der Waals surface area (Å²) in [5, 5.41) is 5.70. The molecule has 7 nitrogen and oxygen atoms in total. The van der Waals surface area contributed by atoms with Gasteiger partial charge in [-0.2, -0.15) is 18.3 Å². The van der Waals surface area contributed by atoms with Crippen LogP contribution < -0.4 is 9.64 Å². The Balaban J connectivity index is 1.55. The van der Waals surface area contributed by atoms with Crippen molar-refractivity contribution < 1.29 is 32.3 Å². The van der Waals surface area contributed by atoms with Gasteiger partial charge in [0.2, 0.25) is 11.8 Å². The smallest absolute Gasteiger partial charge is 0.416 e. The molecule has 0 saturated carbocycles. The molecule has 5 rings (SSSR count). The number of alkyl halides is 3. The molecule has 2 fully saturated rings. The molecule has 0 N–H and O–H groups in total. The van der Waals surface area contributed by atoms with Crippen LogP contribution in [0.5, 0.6) is 5.75 Å². The van der Waals surface area contributed by atoms with Crippen LogP contribution in [0.2, 0.25) is 0 Å². The number of Topliss-reactive ketones (excluding diaryl/α,β-unsaturated/α-hetero) is 1. The lowest BCUT2D eigenvalue weighted by Gasteiger charge is -2.30. The van der Waals surface area contributed by atoms with E-state index in [1.54, 1.807) is 36.4 Å². The number of carbonyl (C=O) groups is 3. The molecule has 2 aromatic carbocycles. The Hall–Kier alpha value is -3.95. The largest absolute Gasteiger partial charge is 0.497 e. The molecule has 3 aliphatic heterocycles. The SMILES string of the molecule is COc1ccc(C(=O)[C@H]2[C@@H]3C(=O)N(c4cccc(C(F)(F)F)c4)C(=O)[C@@H]3[C@H]3C=CC=NN32)cc1. The minimum absolute atomic E-state index is 0.176. The maximum atomic E-state index is 13.5. The molecular weight excluding hydrogens is 451 g/mol. The lowest BCUT2D eigenvalue weighted by Crippen LogP contribution is -2.46. The van der Waals surface area contributed by atoms with Gasteiger partial charge in [0.1, 0.15) is 11.8 Å². The zero-order chi connectivity index (χ0) is 24.2. The zero-order valence-corrected chi connectivity index (χ0v) is 17.8. The van der Waals surface area contributed by atoms with Crippen molar-refractivity contribution in [2.24, 2.45) is 16.9 Å². The van der Waals surface area contributed by atoms with E-state index >= 15 is 0 Å². The number of hydrogen-bond acceptors (Lipinski definition) is 6. The Morgan fingerprint density at radius 1 is 1.03 bits per heavy atom. The van der Waals surface area contributed by atoms with Crippen molar-refractivity contribution in [2.75, 3.05) is 12.0 Å². The van der Waals surface area contributed by atoms with E-state index in [1.807, 2.05) is 0 Å². The average Bonchev–Trinajstić information content (AvgIpc) is 3.31. The maximum absolute atomic E-state index is 13.5. The van der Waals surface area contributed by atoms with Crippen molar-refractivity contribution in [3.8, 4) is 5.75 Å². The number of rotatable bonds is 4. The van der Waals surface area contributed by atoms with Crippen LogP contribution in [-0.4, -0.2) is 48.0 Å². The second-order valence-electron chi connectivity index (χ2n) is 8.17. The molecule has 2 amide bonds. The van der Waals surface area contributed by atoms with Crippen molar-refractivity contribution in [1.82, 2.24) is 5.01 Å². The number of ketones is 1. The lowest BCUT2D eigenvalue weighted by molar-refractivity contribution is -0.137. The summed E-state index contributed by atoms with van der Waals surface area (Å²) in [6.07, 6.45) is 0.115. The molecule has 2 saturated heterocycles. The highest BCUT2D eigenvalue weighted by molar-refractivity contribution is 6.24. The Bertz CT molecular complexity index is 1240. The Morgan fingerprint density at radius 3 is 2.41 bits per heavy atom. The quantitative estimate of drug-likeness (QED) is 0.507. The number of nitrogens with zero attached hydrogens (tertiary/aromatic N) is 3. The third-order valence-corrected chi connectivity index (χ3v) is 6.37. The molecule has 3 heterocycles. The molecule has 2 aromatic rings. The van der Waals surface area contributed by atoms with Crippen LogP contribution >= 0.6 is 0 Å². The molecule has 0 unspecified atom stereocenters. The molecule has 4 atom stereocenters. The number of ether oxygens (including phenoxy) is 1. The maximum Gasteiger partial charge on any atom is 0.416 e. The minimum Gasteiger partial charge on any atom is -0.497 e. The third-order valence-electron chi connectivity index (χ3n) is 6.37.